The molecule has 0 spiro atoms. The Balaban J connectivity index is 3.02. The van der Waals surface area contributed by atoms with Gasteiger partial charge in [0, 0.05) is 0 Å². The van der Waals surface area contributed by atoms with Crippen molar-refractivity contribution in [3.05, 3.63) is 35.4 Å². The number of benzene rings is 1. The van der Waals surface area contributed by atoms with E-state index in [-0.39, 0.29) is 5.41 Å². The maximum Gasteiger partial charge on any atom is -0.0132 e. The molecule has 65 valence electrons. The second kappa shape index (κ2) is 3.30. The summed E-state index contributed by atoms with van der Waals surface area (Å²) in [5.41, 5.74) is 3.01. The van der Waals surface area contributed by atoms with E-state index < -0.39 is 0 Å². The first-order valence-electron chi connectivity index (χ1n) is 4.54. The van der Waals surface area contributed by atoms with Gasteiger partial charge in [0.05, 0.1) is 0 Å². The van der Waals surface area contributed by atoms with Gasteiger partial charge in [-0.1, -0.05) is 45.9 Å². The van der Waals surface area contributed by atoms with Crippen molar-refractivity contribution in [2.24, 2.45) is 0 Å². The Morgan fingerprint density at radius 3 is 2.42 bits per heavy atom. The SMILES string of the molecule is CCc1c[c]cc(C(C)(C)C)c1. The molecule has 0 nitrogen and oxygen atoms in total. The first kappa shape index (κ1) is 9.31. The van der Waals surface area contributed by atoms with Crippen LogP contribution in [0.4, 0.5) is 0 Å². The zero-order chi connectivity index (χ0) is 9.19. The van der Waals surface area contributed by atoms with Gasteiger partial charge in [0.15, 0.2) is 0 Å². The summed E-state index contributed by atoms with van der Waals surface area (Å²) in [6, 6.07) is 9.61. The third-order valence-corrected chi connectivity index (χ3v) is 2.12. The molecule has 1 rings (SSSR count). The molecular weight excluding hydrogens is 144 g/mol. The molecule has 1 radical (unpaired) electrons. The van der Waals surface area contributed by atoms with Gasteiger partial charge in [-0.15, -0.1) is 0 Å². The van der Waals surface area contributed by atoms with Crippen LogP contribution in [0.2, 0.25) is 0 Å². The van der Waals surface area contributed by atoms with E-state index in [1.165, 1.54) is 11.1 Å². The maximum absolute atomic E-state index is 3.19. The molecule has 0 aromatic heterocycles. The summed E-state index contributed by atoms with van der Waals surface area (Å²) < 4.78 is 0. The van der Waals surface area contributed by atoms with Crippen LogP contribution >= 0.6 is 0 Å². The minimum atomic E-state index is 0.252. The van der Waals surface area contributed by atoms with Crippen molar-refractivity contribution in [1.82, 2.24) is 0 Å². The van der Waals surface area contributed by atoms with Crippen molar-refractivity contribution in [3.63, 3.8) is 0 Å². The largest absolute Gasteiger partial charge is 0.0613 e. The summed E-state index contributed by atoms with van der Waals surface area (Å²) in [7, 11) is 0. The number of hydrogen-bond donors (Lipinski definition) is 0. The fourth-order valence-corrected chi connectivity index (χ4v) is 1.16. The highest BCUT2D eigenvalue weighted by molar-refractivity contribution is 5.27. The van der Waals surface area contributed by atoms with E-state index in [2.05, 4.69) is 52.0 Å². The molecule has 0 N–H and O–H groups in total. The summed E-state index contributed by atoms with van der Waals surface area (Å²) in [6.45, 7) is 8.87. The molecule has 0 aliphatic carbocycles. The molecule has 0 heteroatoms. The van der Waals surface area contributed by atoms with Gasteiger partial charge in [-0.3, -0.25) is 0 Å². The van der Waals surface area contributed by atoms with E-state index in [1.54, 1.807) is 0 Å². The van der Waals surface area contributed by atoms with Crippen molar-refractivity contribution in [3.8, 4) is 0 Å². The second-order valence-corrected chi connectivity index (χ2v) is 4.23. The zero-order valence-corrected chi connectivity index (χ0v) is 8.44. The molecule has 1 aromatic carbocycles. The predicted octanol–water partition coefficient (Wildman–Crippen LogP) is 3.35. The summed E-state index contributed by atoms with van der Waals surface area (Å²) in [5.74, 6) is 0. The van der Waals surface area contributed by atoms with Crippen LogP contribution in [-0.2, 0) is 11.8 Å². The van der Waals surface area contributed by atoms with Crippen LogP contribution in [0.3, 0.4) is 0 Å². The van der Waals surface area contributed by atoms with Crippen LogP contribution in [0.15, 0.2) is 18.2 Å². The van der Waals surface area contributed by atoms with Crippen LogP contribution in [0.25, 0.3) is 0 Å². The molecule has 12 heavy (non-hydrogen) atoms. The Hall–Kier alpha value is -0.780. The fraction of sp³-hybridized carbons (Fsp3) is 0.500. The number of rotatable bonds is 1. The van der Waals surface area contributed by atoms with Crippen molar-refractivity contribution in [1.29, 1.82) is 0 Å². The maximum atomic E-state index is 3.19. The van der Waals surface area contributed by atoms with Crippen LogP contribution in [0.1, 0.15) is 38.8 Å². The Labute approximate surface area is 75.6 Å². The minimum Gasteiger partial charge on any atom is -0.0613 e. The van der Waals surface area contributed by atoms with Gasteiger partial charge in [-0.2, -0.15) is 0 Å². The quantitative estimate of drug-likeness (QED) is 0.592. The third kappa shape index (κ3) is 2.10. The smallest absolute Gasteiger partial charge is 0.0132 e. The molecule has 0 saturated heterocycles. The molecule has 0 atom stereocenters. The van der Waals surface area contributed by atoms with Gasteiger partial charge in [0.1, 0.15) is 0 Å². The van der Waals surface area contributed by atoms with Gasteiger partial charge < -0.3 is 0 Å². The van der Waals surface area contributed by atoms with Gasteiger partial charge in [0.25, 0.3) is 0 Å². The average molecular weight is 161 g/mol. The van der Waals surface area contributed by atoms with E-state index in [0.29, 0.717) is 0 Å². The first-order valence-corrected chi connectivity index (χ1v) is 4.54. The van der Waals surface area contributed by atoms with Crippen molar-refractivity contribution < 1.29 is 0 Å². The van der Waals surface area contributed by atoms with E-state index in [4.69, 9.17) is 0 Å². The molecule has 0 saturated carbocycles. The van der Waals surface area contributed by atoms with Crippen molar-refractivity contribution >= 4 is 0 Å². The molecule has 0 aliphatic rings. The summed E-state index contributed by atoms with van der Waals surface area (Å²) in [5, 5.41) is 0. The normalized spacial score (nSPS) is 11.7. The van der Waals surface area contributed by atoms with E-state index >= 15 is 0 Å². The lowest BCUT2D eigenvalue weighted by Gasteiger charge is -2.19. The van der Waals surface area contributed by atoms with Crippen LogP contribution in [0.5, 0.6) is 0 Å². The molecule has 1 aromatic rings. The lowest BCUT2D eigenvalue weighted by Crippen LogP contribution is -2.11. The topological polar surface area (TPSA) is 0 Å². The van der Waals surface area contributed by atoms with E-state index in [1.807, 2.05) is 0 Å². The van der Waals surface area contributed by atoms with Crippen molar-refractivity contribution in [2.45, 2.75) is 39.5 Å². The van der Waals surface area contributed by atoms with Gasteiger partial charge in [-0.25, -0.2) is 0 Å². The standard InChI is InChI=1S/C12H17/c1-5-10-7-6-8-11(9-10)12(2,3)4/h7-9H,5H2,1-4H3. The summed E-state index contributed by atoms with van der Waals surface area (Å²) in [6.07, 6.45) is 1.10. The highest BCUT2D eigenvalue weighted by Gasteiger charge is 2.12. The first-order chi connectivity index (χ1) is 5.54. The van der Waals surface area contributed by atoms with Crippen molar-refractivity contribution in [2.75, 3.05) is 0 Å². The summed E-state index contributed by atoms with van der Waals surface area (Å²) in [4.78, 5) is 0. The van der Waals surface area contributed by atoms with E-state index in [0.717, 1.165) is 6.42 Å². The van der Waals surface area contributed by atoms with Crippen LogP contribution < -0.4 is 0 Å². The van der Waals surface area contributed by atoms with Gasteiger partial charge >= 0.3 is 0 Å². The molecule has 0 amide bonds. The van der Waals surface area contributed by atoms with Crippen LogP contribution in [-0.4, -0.2) is 0 Å². The zero-order valence-electron chi connectivity index (χ0n) is 8.44. The third-order valence-electron chi connectivity index (χ3n) is 2.12. The number of hydrogen-bond acceptors (Lipinski definition) is 0. The molecule has 0 bridgehead atoms. The Morgan fingerprint density at radius 2 is 1.92 bits per heavy atom. The number of aryl methyl sites for hydroxylation is 1. The highest BCUT2D eigenvalue weighted by atomic mass is 14.2. The Bertz CT molecular complexity index is 253. The summed E-state index contributed by atoms with van der Waals surface area (Å²) >= 11 is 0. The second-order valence-electron chi connectivity index (χ2n) is 4.23. The molecule has 0 unspecified atom stereocenters. The van der Waals surface area contributed by atoms with Crippen LogP contribution in [0, 0.1) is 6.07 Å². The molecule has 0 fully saturated rings. The molecular formula is C12H17. The Morgan fingerprint density at radius 1 is 1.25 bits per heavy atom. The monoisotopic (exact) mass is 161 g/mol. The Kier molecular flexibility index (Phi) is 2.56. The van der Waals surface area contributed by atoms with Gasteiger partial charge in [0.2, 0.25) is 0 Å². The molecule has 0 heterocycles. The minimum absolute atomic E-state index is 0.252. The van der Waals surface area contributed by atoms with Gasteiger partial charge in [-0.05, 0) is 29.0 Å². The fourth-order valence-electron chi connectivity index (χ4n) is 1.16. The lowest BCUT2D eigenvalue weighted by molar-refractivity contribution is 0.589. The lowest BCUT2D eigenvalue weighted by atomic mass is 9.86. The van der Waals surface area contributed by atoms with E-state index in [9.17, 15) is 0 Å². The predicted molar refractivity (Wildman–Crippen MR) is 53.4 cm³/mol. The molecule has 0 aliphatic heterocycles. The highest BCUT2D eigenvalue weighted by Crippen LogP contribution is 2.22. The average Bonchev–Trinajstić information content (AvgIpc) is 2.03.